The van der Waals surface area contributed by atoms with Gasteiger partial charge in [0.2, 0.25) is 0 Å². The highest BCUT2D eigenvalue weighted by Crippen LogP contribution is 2.44. The first-order chi connectivity index (χ1) is 16.8. The van der Waals surface area contributed by atoms with Crippen molar-refractivity contribution >= 4 is 61.6 Å². The van der Waals surface area contributed by atoms with E-state index in [4.69, 9.17) is 11.6 Å². The number of benzene rings is 3. The minimum atomic E-state index is -4.14. The van der Waals surface area contributed by atoms with Gasteiger partial charge in [0.15, 0.2) is 0 Å². The number of nitrogens with one attached hydrogen (secondary N) is 1. The van der Waals surface area contributed by atoms with E-state index in [-0.39, 0.29) is 18.0 Å². The van der Waals surface area contributed by atoms with Crippen LogP contribution >= 0.6 is 34.2 Å². The van der Waals surface area contributed by atoms with Gasteiger partial charge in [-0.05, 0) is 58.0 Å². The maximum absolute atomic E-state index is 14.1. The summed E-state index contributed by atoms with van der Waals surface area (Å²) in [4.78, 5) is 17.5. The van der Waals surface area contributed by atoms with Crippen molar-refractivity contribution in [3.63, 3.8) is 0 Å². The Balaban J connectivity index is 1.66. The van der Waals surface area contributed by atoms with Crippen molar-refractivity contribution in [2.75, 3.05) is 36.0 Å². The molecule has 0 spiro atoms. The molecule has 5 rings (SSSR count). The van der Waals surface area contributed by atoms with Gasteiger partial charge >= 0.3 is 6.03 Å². The van der Waals surface area contributed by atoms with E-state index in [9.17, 15) is 13.2 Å². The number of sulfonamides is 1. The number of urea groups is 1. The average Bonchev–Trinajstić information content (AvgIpc) is 2.86. The molecule has 3 aromatic carbocycles. The molecule has 182 valence electrons. The monoisotopic (exact) mass is 622 g/mol. The molecule has 0 aliphatic carbocycles. The minimum Gasteiger partial charge on any atom is -0.368 e. The van der Waals surface area contributed by atoms with Crippen LogP contribution < -0.4 is 15.1 Å². The number of hydrogen-bond acceptors (Lipinski definition) is 5. The van der Waals surface area contributed by atoms with Crippen molar-refractivity contribution in [1.29, 1.82) is 0 Å². The quantitative estimate of drug-likeness (QED) is 0.419. The molecule has 0 bridgehead atoms. The maximum atomic E-state index is 14.1. The van der Waals surface area contributed by atoms with E-state index in [2.05, 4.69) is 27.9 Å². The molecule has 2 amide bonds. The summed E-state index contributed by atoms with van der Waals surface area (Å²) in [6.45, 7) is 2.94. The van der Waals surface area contributed by atoms with Crippen LogP contribution in [0.1, 0.15) is 11.1 Å². The van der Waals surface area contributed by atoms with Gasteiger partial charge in [0.1, 0.15) is 4.90 Å². The summed E-state index contributed by atoms with van der Waals surface area (Å²) in [6, 6.07) is 19.7. The first-order valence-corrected chi connectivity index (χ1v) is 14.2. The molecule has 0 saturated carbocycles. The second kappa shape index (κ2) is 9.96. The molecule has 0 atom stereocenters. The van der Waals surface area contributed by atoms with E-state index in [1.54, 1.807) is 12.1 Å². The van der Waals surface area contributed by atoms with E-state index in [0.29, 0.717) is 29.5 Å². The Morgan fingerprint density at radius 3 is 2.20 bits per heavy atom. The van der Waals surface area contributed by atoms with Crippen LogP contribution in [0.15, 0.2) is 71.6 Å². The lowest BCUT2D eigenvalue weighted by atomic mass is 10.1. The van der Waals surface area contributed by atoms with Crippen molar-refractivity contribution in [2.45, 2.75) is 18.0 Å². The van der Waals surface area contributed by atoms with Gasteiger partial charge in [-0.2, -0.15) is 0 Å². The Hall–Kier alpha value is -2.34. The largest absolute Gasteiger partial charge is 0.368 e. The fourth-order valence-corrected chi connectivity index (χ4v) is 6.74. The van der Waals surface area contributed by atoms with Gasteiger partial charge in [0.25, 0.3) is 10.0 Å². The van der Waals surface area contributed by atoms with Crippen LogP contribution in [-0.4, -0.2) is 44.9 Å². The first kappa shape index (κ1) is 24.4. The third-order valence-corrected chi connectivity index (χ3v) is 8.92. The number of hydrogen-bond donors (Lipinski definition) is 1. The molecule has 0 aromatic heterocycles. The fourth-order valence-electron chi connectivity index (χ4n) is 4.45. The number of piperazine rings is 1. The van der Waals surface area contributed by atoms with Gasteiger partial charge < -0.3 is 10.2 Å². The predicted molar refractivity (Wildman–Crippen MR) is 146 cm³/mol. The molecular weight excluding hydrogens is 599 g/mol. The van der Waals surface area contributed by atoms with Gasteiger partial charge in [-0.15, -0.1) is 0 Å². The number of amides is 2. The predicted octanol–water partition coefficient (Wildman–Crippen LogP) is 4.69. The van der Waals surface area contributed by atoms with Crippen LogP contribution in [0.25, 0.3) is 0 Å². The highest BCUT2D eigenvalue weighted by atomic mass is 127. The van der Waals surface area contributed by atoms with Crippen LogP contribution in [0.4, 0.5) is 16.2 Å². The van der Waals surface area contributed by atoms with E-state index in [1.807, 2.05) is 59.5 Å². The van der Waals surface area contributed by atoms with Crippen molar-refractivity contribution < 1.29 is 13.2 Å². The Morgan fingerprint density at radius 2 is 1.51 bits per heavy atom. The van der Waals surface area contributed by atoms with Crippen molar-refractivity contribution in [3.8, 4) is 0 Å². The zero-order chi connectivity index (χ0) is 24.6. The molecule has 1 fully saturated rings. The number of anilines is 2. The standard InChI is InChI=1S/C25H24ClIN4O3S/c26-20-14-22(29-12-10-28-11-13-29)24-23(15-20)30(16-18-4-2-1-3-5-18)25(32)31(35(24,33)34)17-19-6-8-21(27)9-7-19/h1-9,14-15,28H,10-13,16-17H2. The zero-order valence-electron chi connectivity index (χ0n) is 18.8. The highest BCUT2D eigenvalue weighted by molar-refractivity contribution is 14.1. The second-order valence-corrected chi connectivity index (χ2v) is 12.0. The second-order valence-electron chi connectivity index (χ2n) is 8.50. The summed E-state index contributed by atoms with van der Waals surface area (Å²) in [5.74, 6) is 0. The third kappa shape index (κ3) is 4.87. The Labute approximate surface area is 223 Å². The van der Waals surface area contributed by atoms with Crippen LogP contribution in [0.2, 0.25) is 5.02 Å². The summed E-state index contributed by atoms with van der Waals surface area (Å²) >= 11 is 8.70. The highest BCUT2D eigenvalue weighted by Gasteiger charge is 2.44. The maximum Gasteiger partial charge on any atom is 0.339 e. The molecule has 1 N–H and O–H groups in total. The molecule has 0 unspecified atom stereocenters. The summed E-state index contributed by atoms with van der Waals surface area (Å²) < 4.78 is 30.1. The number of carbonyl (C=O) groups excluding carboxylic acids is 1. The molecule has 3 aromatic rings. The van der Waals surface area contributed by atoms with Gasteiger partial charge in [-0.25, -0.2) is 17.5 Å². The molecule has 10 heteroatoms. The van der Waals surface area contributed by atoms with Crippen molar-refractivity contribution in [2.24, 2.45) is 0 Å². The Morgan fingerprint density at radius 1 is 0.886 bits per heavy atom. The third-order valence-electron chi connectivity index (χ3n) is 6.18. The average molecular weight is 623 g/mol. The zero-order valence-corrected chi connectivity index (χ0v) is 22.6. The lowest BCUT2D eigenvalue weighted by Gasteiger charge is -2.39. The number of nitrogens with zero attached hydrogens (tertiary/aromatic N) is 3. The summed E-state index contributed by atoms with van der Waals surface area (Å²) in [5, 5.41) is 3.69. The summed E-state index contributed by atoms with van der Waals surface area (Å²) in [7, 11) is -4.14. The smallest absolute Gasteiger partial charge is 0.339 e. The number of rotatable bonds is 5. The van der Waals surface area contributed by atoms with Gasteiger partial charge in [0, 0.05) is 34.8 Å². The van der Waals surface area contributed by atoms with Crippen LogP contribution in [-0.2, 0) is 23.1 Å². The lowest BCUT2D eigenvalue weighted by molar-refractivity contribution is 0.226. The summed E-state index contributed by atoms with van der Waals surface area (Å²) in [6.07, 6.45) is 0. The van der Waals surface area contributed by atoms with E-state index >= 15 is 0 Å². The molecule has 2 aliphatic heterocycles. The van der Waals surface area contributed by atoms with Crippen LogP contribution in [0.3, 0.4) is 0 Å². The molecule has 2 heterocycles. The molecule has 2 aliphatic rings. The molecular formula is C25H24ClIN4O3S. The molecule has 35 heavy (non-hydrogen) atoms. The number of fused-ring (bicyclic) bond motifs is 1. The molecule has 1 saturated heterocycles. The molecule has 7 nitrogen and oxygen atoms in total. The summed E-state index contributed by atoms with van der Waals surface area (Å²) in [5.41, 5.74) is 2.48. The van der Waals surface area contributed by atoms with Crippen LogP contribution in [0, 0.1) is 3.57 Å². The topological polar surface area (TPSA) is 73.0 Å². The Bertz CT molecular complexity index is 1350. The molecule has 0 radical (unpaired) electrons. The SMILES string of the molecule is O=C1N(Cc2ccccc2)c2cc(Cl)cc(N3CCNCC3)c2S(=O)(=O)N1Cc1ccc(I)cc1. The van der Waals surface area contributed by atoms with Crippen molar-refractivity contribution in [3.05, 3.63) is 86.4 Å². The number of carbonyl (C=O) groups is 1. The fraction of sp³-hybridized carbons (Fsp3) is 0.240. The van der Waals surface area contributed by atoms with E-state index < -0.39 is 16.1 Å². The van der Waals surface area contributed by atoms with E-state index in [1.165, 1.54) is 4.90 Å². The normalized spacial score (nSPS) is 17.4. The van der Waals surface area contributed by atoms with Crippen molar-refractivity contribution in [1.82, 2.24) is 9.62 Å². The van der Waals surface area contributed by atoms with Gasteiger partial charge in [-0.1, -0.05) is 54.1 Å². The van der Waals surface area contributed by atoms with Crippen LogP contribution in [0.5, 0.6) is 0 Å². The lowest BCUT2D eigenvalue weighted by Crippen LogP contribution is -2.51. The van der Waals surface area contributed by atoms with E-state index in [0.717, 1.165) is 32.1 Å². The Kier molecular flexibility index (Phi) is 6.93. The van der Waals surface area contributed by atoms with Gasteiger partial charge in [0.05, 0.1) is 24.5 Å². The minimum absolute atomic E-state index is 0.0492. The van der Waals surface area contributed by atoms with Gasteiger partial charge in [-0.3, -0.25) is 4.90 Å². The number of halogens is 2. The first-order valence-electron chi connectivity index (χ1n) is 11.3.